The Bertz CT molecular complexity index is 856. The van der Waals surface area contributed by atoms with Crippen LogP contribution in [0.1, 0.15) is 60.9 Å². The van der Waals surface area contributed by atoms with Crippen LogP contribution in [-0.4, -0.2) is 16.3 Å². The fourth-order valence-electron chi connectivity index (χ4n) is 7.14. The Morgan fingerprint density at radius 3 is 2.42 bits per heavy atom. The summed E-state index contributed by atoms with van der Waals surface area (Å²) in [4.78, 5) is 0. The molecule has 1 aliphatic heterocycles. The molecule has 0 saturated heterocycles. The molecule has 1 N–H and O–H groups in total. The summed E-state index contributed by atoms with van der Waals surface area (Å²) in [6, 6.07) is 6.61. The number of hydrogen-bond acceptors (Lipinski definition) is 2. The number of nitrogens with zero attached hydrogens (tertiary/aromatic N) is 2. The summed E-state index contributed by atoms with van der Waals surface area (Å²) in [5.41, 5.74) is 7.34. The molecule has 2 aromatic rings. The van der Waals surface area contributed by atoms with Crippen molar-refractivity contribution in [2.24, 2.45) is 17.8 Å². The van der Waals surface area contributed by atoms with Crippen molar-refractivity contribution in [3.05, 3.63) is 40.6 Å². The third-order valence-corrected chi connectivity index (χ3v) is 8.00. The third kappa shape index (κ3) is 1.97. The first-order valence-electron chi connectivity index (χ1n) is 10.6. The topological polar surface area (TPSA) is 29.9 Å². The molecule has 0 unspecified atom stereocenters. The van der Waals surface area contributed by atoms with Gasteiger partial charge < -0.3 is 5.32 Å². The van der Waals surface area contributed by atoms with Gasteiger partial charge in [0.15, 0.2) is 0 Å². The largest absolute Gasteiger partial charge is 0.369 e. The van der Waals surface area contributed by atoms with Crippen molar-refractivity contribution < 1.29 is 0 Å². The zero-order valence-electron chi connectivity index (χ0n) is 16.0. The minimum atomic E-state index is 0.383. The fraction of sp³-hybridized carbons (Fsp3) is 0.609. The van der Waals surface area contributed by atoms with Gasteiger partial charge in [-0.2, -0.15) is 5.10 Å². The first kappa shape index (κ1) is 15.3. The van der Waals surface area contributed by atoms with Crippen LogP contribution in [0.15, 0.2) is 18.2 Å². The van der Waals surface area contributed by atoms with E-state index in [4.69, 9.17) is 5.10 Å². The predicted octanol–water partition coefficient (Wildman–Crippen LogP) is 4.92. The molecule has 2 heterocycles. The predicted molar refractivity (Wildman–Crippen MR) is 105 cm³/mol. The van der Waals surface area contributed by atoms with Gasteiger partial charge in [0.1, 0.15) is 5.82 Å². The highest BCUT2D eigenvalue weighted by Gasteiger charge is 2.54. The Labute approximate surface area is 156 Å². The number of hydrogen-bond donors (Lipinski definition) is 1. The molecule has 5 aliphatic rings. The maximum absolute atomic E-state index is 5.35. The van der Waals surface area contributed by atoms with Gasteiger partial charge in [0.2, 0.25) is 0 Å². The van der Waals surface area contributed by atoms with Crippen molar-refractivity contribution in [1.29, 1.82) is 0 Å². The van der Waals surface area contributed by atoms with E-state index in [1.54, 1.807) is 0 Å². The number of fused-ring (bicyclic) bond motifs is 1. The van der Waals surface area contributed by atoms with Gasteiger partial charge in [0.05, 0.1) is 11.4 Å². The van der Waals surface area contributed by atoms with Gasteiger partial charge in [0.25, 0.3) is 0 Å². The molecule has 0 spiro atoms. The van der Waals surface area contributed by atoms with Crippen molar-refractivity contribution in [2.75, 3.05) is 11.9 Å². The number of rotatable bonds is 2. The smallest absolute Gasteiger partial charge is 0.133 e. The lowest BCUT2D eigenvalue weighted by Crippen LogP contribution is -2.49. The summed E-state index contributed by atoms with van der Waals surface area (Å²) in [6.45, 7) is 5.51. The van der Waals surface area contributed by atoms with Crippen LogP contribution >= 0.6 is 0 Å². The van der Waals surface area contributed by atoms with E-state index in [-0.39, 0.29) is 0 Å². The standard InChI is InChI=1S/C23H29N3/c1-14-4-3-5-20(15(14)2)26-22-19(6-7-24-22)21(25-26)23-11-16-8-17(12-23)10-18(9-16)13-23/h3-5,16-18,24H,6-13H2,1-2H3. The Morgan fingerprint density at radius 1 is 1.04 bits per heavy atom. The van der Waals surface area contributed by atoms with Crippen molar-refractivity contribution in [3.8, 4) is 5.69 Å². The minimum absolute atomic E-state index is 0.383. The second-order valence-corrected chi connectivity index (χ2v) is 9.68. The average molecular weight is 348 g/mol. The number of aryl methyl sites for hydroxylation is 1. The second-order valence-electron chi connectivity index (χ2n) is 9.68. The lowest BCUT2D eigenvalue weighted by molar-refractivity contribution is -0.00770. The number of aromatic nitrogens is 2. The van der Waals surface area contributed by atoms with E-state index < -0.39 is 0 Å². The molecule has 3 nitrogen and oxygen atoms in total. The summed E-state index contributed by atoms with van der Waals surface area (Å²) in [5.74, 6) is 4.19. The normalized spacial score (nSPS) is 34.2. The minimum Gasteiger partial charge on any atom is -0.369 e. The van der Waals surface area contributed by atoms with Crippen LogP contribution in [0.25, 0.3) is 5.69 Å². The Hall–Kier alpha value is -1.77. The lowest BCUT2D eigenvalue weighted by atomic mass is 9.48. The van der Waals surface area contributed by atoms with E-state index in [1.807, 2.05) is 0 Å². The highest BCUT2D eigenvalue weighted by atomic mass is 15.3. The quantitative estimate of drug-likeness (QED) is 0.835. The van der Waals surface area contributed by atoms with Gasteiger partial charge >= 0.3 is 0 Å². The summed E-state index contributed by atoms with van der Waals surface area (Å²) in [5, 5.41) is 9.02. The van der Waals surface area contributed by atoms with Crippen LogP contribution in [0.2, 0.25) is 0 Å². The summed E-state index contributed by atoms with van der Waals surface area (Å²) in [6.07, 6.45) is 9.84. The number of nitrogens with one attached hydrogen (secondary N) is 1. The van der Waals surface area contributed by atoms with Crippen LogP contribution in [0.4, 0.5) is 5.82 Å². The first-order chi connectivity index (χ1) is 12.6. The Morgan fingerprint density at radius 2 is 1.73 bits per heavy atom. The van der Waals surface area contributed by atoms with Gasteiger partial charge in [-0.15, -0.1) is 0 Å². The highest BCUT2D eigenvalue weighted by Crippen LogP contribution is 2.61. The van der Waals surface area contributed by atoms with Crippen LogP contribution in [0, 0.1) is 31.6 Å². The Kier molecular flexibility index (Phi) is 3.03. The third-order valence-electron chi connectivity index (χ3n) is 8.00. The molecule has 4 bridgehead atoms. The van der Waals surface area contributed by atoms with Crippen molar-refractivity contribution >= 4 is 5.82 Å². The molecule has 4 fully saturated rings. The van der Waals surface area contributed by atoms with Gasteiger partial charge in [0, 0.05) is 17.5 Å². The van der Waals surface area contributed by atoms with E-state index in [0.717, 1.165) is 30.7 Å². The van der Waals surface area contributed by atoms with Crippen LogP contribution in [0.5, 0.6) is 0 Å². The van der Waals surface area contributed by atoms with Crippen molar-refractivity contribution in [2.45, 2.75) is 64.2 Å². The van der Waals surface area contributed by atoms with Crippen molar-refractivity contribution in [3.63, 3.8) is 0 Å². The lowest BCUT2D eigenvalue weighted by Gasteiger charge is -2.56. The molecule has 1 aromatic carbocycles. The van der Waals surface area contributed by atoms with E-state index in [1.165, 1.54) is 72.4 Å². The SMILES string of the molecule is Cc1cccc(-n2nc(C34CC5CC(CC(C5)C3)C4)c3c2NCC3)c1C. The average Bonchev–Trinajstić information content (AvgIpc) is 3.19. The van der Waals surface area contributed by atoms with Crippen LogP contribution < -0.4 is 5.32 Å². The van der Waals surface area contributed by atoms with Crippen LogP contribution in [-0.2, 0) is 11.8 Å². The summed E-state index contributed by atoms with van der Waals surface area (Å²) < 4.78 is 2.25. The maximum atomic E-state index is 5.35. The molecule has 4 aliphatic carbocycles. The molecule has 7 rings (SSSR count). The van der Waals surface area contributed by atoms with Crippen molar-refractivity contribution in [1.82, 2.24) is 9.78 Å². The molecule has 1 aromatic heterocycles. The summed E-state index contributed by atoms with van der Waals surface area (Å²) in [7, 11) is 0. The van der Waals surface area contributed by atoms with Crippen LogP contribution in [0.3, 0.4) is 0 Å². The molecule has 26 heavy (non-hydrogen) atoms. The molecular formula is C23H29N3. The summed E-state index contributed by atoms with van der Waals surface area (Å²) >= 11 is 0. The van der Waals surface area contributed by atoms with E-state index in [0.29, 0.717) is 5.41 Å². The first-order valence-corrected chi connectivity index (χ1v) is 10.6. The monoisotopic (exact) mass is 347 g/mol. The molecule has 4 saturated carbocycles. The van der Waals surface area contributed by atoms with Gasteiger partial charge in [-0.05, 0) is 93.7 Å². The van der Waals surface area contributed by atoms with E-state index >= 15 is 0 Å². The van der Waals surface area contributed by atoms with E-state index in [2.05, 4.69) is 42.0 Å². The zero-order chi connectivity index (χ0) is 17.5. The molecular weight excluding hydrogens is 318 g/mol. The number of benzene rings is 1. The second kappa shape index (κ2) is 5.15. The van der Waals surface area contributed by atoms with Gasteiger partial charge in [-0.25, -0.2) is 4.68 Å². The van der Waals surface area contributed by atoms with Gasteiger partial charge in [-0.3, -0.25) is 0 Å². The van der Waals surface area contributed by atoms with E-state index in [9.17, 15) is 0 Å². The molecule has 0 radical (unpaired) electrons. The maximum Gasteiger partial charge on any atom is 0.133 e. The molecule has 3 heteroatoms. The highest BCUT2D eigenvalue weighted by molar-refractivity contribution is 5.60. The molecule has 136 valence electrons. The zero-order valence-corrected chi connectivity index (χ0v) is 16.0. The Balaban J connectivity index is 1.52. The number of anilines is 1. The fourth-order valence-corrected chi connectivity index (χ4v) is 7.14. The molecule has 0 atom stereocenters. The molecule has 0 amide bonds. The van der Waals surface area contributed by atoms with Gasteiger partial charge in [-0.1, -0.05) is 12.1 Å².